The molecule has 0 aliphatic heterocycles. The molecule has 0 fully saturated rings. The molecule has 0 saturated heterocycles. The number of hydrogen-bond donors (Lipinski definition) is 2. The molecule has 3 aromatic carbocycles. The molecule has 3 N–H and O–H groups in total. The SMILES string of the molecule is Cc1ccc(COc2ccc(-c3nc(N)nc(C(F)(F)F)c3-c3ccc(Cl)cc3)c(O)c2)cc1. The van der Waals surface area contributed by atoms with E-state index in [1.54, 1.807) is 6.07 Å². The Labute approximate surface area is 198 Å². The second kappa shape index (κ2) is 9.23. The Hall–Kier alpha value is -3.78. The van der Waals surface area contributed by atoms with E-state index in [9.17, 15) is 18.3 Å². The fourth-order valence-electron chi connectivity index (χ4n) is 3.42. The lowest BCUT2D eigenvalue weighted by atomic mass is 9.96. The molecule has 4 aromatic rings. The Morgan fingerprint density at radius 1 is 0.971 bits per heavy atom. The standard InChI is InChI=1S/C25H19ClF3N3O2/c1-14-2-4-15(5-3-14)13-34-18-10-11-19(20(33)12-18)22-21(16-6-8-17(26)9-7-16)23(25(27,28)29)32-24(30)31-22/h2-12,33H,13H2,1H3,(H2,30,31,32). The number of hydrogen-bond acceptors (Lipinski definition) is 5. The largest absolute Gasteiger partial charge is 0.507 e. The molecule has 0 radical (unpaired) electrons. The summed E-state index contributed by atoms with van der Waals surface area (Å²) in [7, 11) is 0. The number of alkyl halides is 3. The van der Waals surface area contributed by atoms with Crippen LogP contribution in [0.1, 0.15) is 16.8 Å². The number of phenols is 1. The van der Waals surface area contributed by atoms with Gasteiger partial charge in [-0.05, 0) is 42.3 Å². The highest BCUT2D eigenvalue weighted by molar-refractivity contribution is 6.30. The summed E-state index contributed by atoms with van der Waals surface area (Å²) in [5, 5.41) is 11.0. The van der Waals surface area contributed by atoms with Gasteiger partial charge in [0, 0.05) is 22.2 Å². The maximum absolute atomic E-state index is 13.9. The Kier molecular flexibility index (Phi) is 6.34. The van der Waals surface area contributed by atoms with Gasteiger partial charge < -0.3 is 15.6 Å². The fraction of sp³-hybridized carbons (Fsp3) is 0.120. The van der Waals surface area contributed by atoms with Gasteiger partial charge in [0.1, 0.15) is 18.1 Å². The Morgan fingerprint density at radius 2 is 1.65 bits per heavy atom. The Bertz CT molecular complexity index is 1330. The number of benzene rings is 3. The first-order valence-corrected chi connectivity index (χ1v) is 10.5. The summed E-state index contributed by atoms with van der Waals surface area (Å²) >= 11 is 5.91. The summed E-state index contributed by atoms with van der Waals surface area (Å²) in [6.45, 7) is 2.23. The van der Waals surface area contributed by atoms with Crippen LogP contribution in [0.15, 0.2) is 66.7 Å². The van der Waals surface area contributed by atoms with Crippen molar-refractivity contribution in [1.29, 1.82) is 0 Å². The predicted molar refractivity (Wildman–Crippen MR) is 125 cm³/mol. The molecule has 0 saturated carbocycles. The van der Waals surface area contributed by atoms with Gasteiger partial charge in [0.15, 0.2) is 5.69 Å². The third kappa shape index (κ3) is 5.07. The minimum absolute atomic E-state index is 0.0484. The number of nitrogen functional groups attached to an aromatic ring is 1. The van der Waals surface area contributed by atoms with Crippen LogP contribution in [0.25, 0.3) is 22.4 Å². The zero-order chi connectivity index (χ0) is 24.5. The quantitative estimate of drug-likeness (QED) is 0.330. The van der Waals surface area contributed by atoms with Gasteiger partial charge in [-0.3, -0.25) is 0 Å². The van der Waals surface area contributed by atoms with Gasteiger partial charge in [-0.15, -0.1) is 0 Å². The minimum atomic E-state index is -4.81. The number of nitrogens with two attached hydrogens (primary N) is 1. The van der Waals surface area contributed by atoms with E-state index in [1.807, 2.05) is 31.2 Å². The van der Waals surface area contributed by atoms with Crippen molar-refractivity contribution >= 4 is 17.5 Å². The van der Waals surface area contributed by atoms with Crippen molar-refractivity contribution < 1.29 is 23.0 Å². The molecule has 174 valence electrons. The van der Waals surface area contributed by atoms with Crippen molar-refractivity contribution in [3.8, 4) is 33.9 Å². The van der Waals surface area contributed by atoms with E-state index in [0.29, 0.717) is 10.8 Å². The minimum Gasteiger partial charge on any atom is -0.507 e. The summed E-state index contributed by atoms with van der Waals surface area (Å²) < 4.78 is 47.4. The number of phenolic OH excluding ortho intramolecular Hbond substituents is 1. The van der Waals surface area contributed by atoms with Crippen molar-refractivity contribution in [3.05, 3.63) is 88.6 Å². The lowest BCUT2D eigenvalue weighted by Crippen LogP contribution is -2.14. The number of halogens is 4. The highest BCUT2D eigenvalue weighted by atomic mass is 35.5. The third-order valence-corrected chi connectivity index (χ3v) is 5.33. The van der Waals surface area contributed by atoms with Crippen molar-refractivity contribution in [2.75, 3.05) is 5.73 Å². The van der Waals surface area contributed by atoms with E-state index in [2.05, 4.69) is 9.97 Å². The van der Waals surface area contributed by atoms with Crippen molar-refractivity contribution in [1.82, 2.24) is 9.97 Å². The smallest absolute Gasteiger partial charge is 0.434 e. The first-order chi connectivity index (χ1) is 16.1. The van der Waals surface area contributed by atoms with E-state index in [1.165, 1.54) is 36.4 Å². The molecule has 0 amide bonds. The highest BCUT2D eigenvalue weighted by Gasteiger charge is 2.38. The summed E-state index contributed by atoms with van der Waals surface area (Å²) in [6, 6.07) is 17.8. The molecule has 34 heavy (non-hydrogen) atoms. The third-order valence-electron chi connectivity index (χ3n) is 5.08. The van der Waals surface area contributed by atoms with Crippen molar-refractivity contribution in [2.45, 2.75) is 19.7 Å². The van der Waals surface area contributed by atoms with Crippen LogP contribution in [0.5, 0.6) is 11.5 Å². The lowest BCUT2D eigenvalue weighted by Gasteiger charge is -2.17. The van der Waals surface area contributed by atoms with Crippen LogP contribution in [0.2, 0.25) is 5.02 Å². The van der Waals surface area contributed by atoms with Crippen LogP contribution >= 0.6 is 11.6 Å². The average molecular weight is 486 g/mol. The monoisotopic (exact) mass is 485 g/mol. The van der Waals surface area contributed by atoms with E-state index in [0.717, 1.165) is 11.1 Å². The Balaban J connectivity index is 1.76. The molecule has 0 atom stereocenters. The predicted octanol–water partition coefficient (Wildman–Crippen LogP) is 6.66. The molecular formula is C25H19ClF3N3O2. The second-order valence-electron chi connectivity index (χ2n) is 7.61. The summed E-state index contributed by atoms with van der Waals surface area (Å²) in [4.78, 5) is 7.49. The van der Waals surface area contributed by atoms with Gasteiger partial charge >= 0.3 is 6.18 Å². The van der Waals surface area contributed by atoms with Crippen LogP contribution in [0.3, 0.4) is 0 Å². The summed E-state index contributed by atoms with van der Waals surface area (Å²) in [5.74, 6) is -0.546. The Morgan fingerprint density at radius 3 is 2.26 bits per heavy atom. The molecule has 0 bridgehead atoms. The summed E-state index contributed by atoms with van der Waals surface area (Å²) in [5.41, 5.74) is 6.19. The number of aromatic nitrogens is 2. The van der Waals surface area contributed by atoms with Gasteiger partial charge in [-0.1, -0.05) is 53.6 Å². The molecular weight excluding hydrogens is 467 g/mol. The molecule has 5 nitrogen and oxygen atoms in total. The van der Waals surface area contributed by atoms with Crippen molar-refractivity contribution in [2.24, 2.45) is 0 Å². The highest BCUT2D eigenvalue weighted by Crippen LogP contribution is 2.44. The van der Waals surface area contributed by atoms with Gasteiger partial charge in [0.25, 0.3) is 0 Å². The van der Waals surface area contributed by atoms with E-state index in [-0.39, 0.29) is 34.7 Å². The molecule has 0 spiro atoms. The van der Waals surface area contributed by atoms with Crippen molar-refractivity contribution in [3.63, 3.8) is 0 Å². The molecule has 0 aliphatic rings. The number of rotatable bonds is 5. The van der Waals surface area contributed by atoms with Gasteiger partial charge in [0.2, 0.25) is 5.95 Å². The van der Waals surface area contributed by atoms with E-state index < -0.39 is 17.8 Å². The van der Waals surface area contributed by atoms with Crippen LogP contribution in [0.4, 0.5) is 19.1 Å². The van der Waals surface area contributed by atoms with Crippen LogP contribution in [-0.4, -0.2) is 15.1 Å². The fourth-order valence-corrected chi connectivity index (χ4v) is 3.55. The first-order valence-electron chi connectivity index (χ1n) is 10.1. The molecule has 0 aliphatic carbocycles. The summed E-state index contributed by atoms with van der Waals surface area (Å²) in [6.07, 6.45) is -4.81. The number of nitrogens with zero attached hydrogens (tertiary/aromatic N) is 2. The topological polar surface area (TPSA) is 81.3 Å². The molecule has 1 heterocycles. The van der Waals surface area contributed by atoms with Crippen LogP contribution in [-0.2, 0) is 12.8 Å². The molecule has 9 heteroatoms. The zero-order valence-corrected chi connectivity index (χ0v) is 18.7. The molecule has 0 unspecified atom stereocenters. The number of aryl methyl sites for hydroxylation is 1. The lowest BCUT2D eigenvalue weighted by molar-refractivity contribution is -0.140. The van der Waals surface area contributed by atoms with E-state index >= 15 is 0 Å². The maximum atomic E-state index is 13.9. The average Bonchev–Trinajstić information content (AvgIpc) is 2.78. The van der Waals surface area contributed by atoms with Crippen LogP contribution < -0.4 is 10.5 Å². The zero-order valence-electron chi connectivity index (χ0n) is 17.9. The number of anilines is 1. The number of aromatic hydroxyl groups is 1. The van der Waals surface area contributed by atoms with Gasteiger partial charge in [-0.2, -0.15) is 13.2 Å². The van der Waals surface area contributed by atoms with Gasteiger partial charge in [0.05, 0.1) is 5.69 Å². The normalized spacial score (nSPS) is 11.4. The number of ether oxygens (including phenoxy) is 1. The second-order valence-corrected chi connectivity index (χ2v) is 8.05. The van der Waals surface area contributed by atoms with Gasteiger partial charge in [-0.25, -0.2) is 9.97 Å². The van der Waals surface area contributed by atoms with Crippen LogP contribution in [0, 0.1) is 6.92 Å². The molecule has 1 aromatic heterocycles. The maximum Gasteiger partial charge on any atom is 0.434 e. The van der Waals surface area contributed by atoms with E-state index in [4.69, 9.17) is 22.1 Å². The molecule has 4 rings (SSSR count). The first kappa shape index (κ1) is 23.4.